The van der Waals surface area contributed by atoms with Crippen molar-refractivity contribution in [2.24, 2.45) is 11.7 Å². The van der Waals surface area contributed by atoms with Crippen LogP contribution < -0.4 is 10.6 Å². The first-order chi connectivity index (χ1) is 7.17. The van der Waals surface area contributed by atoms with Gasteiger partial charge in [-0.05, 0) is 18.7 Å². The van der Waals surface area contributed by atoms with Gasteiger partial charge in [-0.3, -0.25) is 0 Å². The normalized spacial score (nSPS) is 12.5. The van der Waals surface area contributed by atoms with E-state index in [9.17, 15) is 0 Å². The molecule has 0 bridgehead atoms. The van der Waals surface area contributed by atoms with Crippen LogP contribution in [-0.4, -0.2) is 36.4 Å². The van der Waals surface area contributed by atoms with Crippen LogP contribution in [0.25, 0.3) is 0 Å². The third kappa shape index (κ3) is 3.68. The molecule has 0 saturated carbocycles. The van der Waals surface area contributed by atoms with Crippen molar-refractivity contribution in [3.8, 4) is 0 Å². The molecule has 1 aromatic rings. The predicted octanol–water partition coefficient (Wildman–Crippen LogP) is 1.23. The number of hydrogen-bond acceptors (Lipinski definition) is 5. The van der Waals surface area contributed by atoms with Crippen LogP contribution in [0.4, 0.5) is 5.82 Å². The number of thioether (sulfide) groups is 1. The van der Waals surface area contributed by atoms with Gasteiger partial charge in [-0.2, -0.15) is 0 Å². The second-order valence-electron chi connectivity index (χ2n) is 3.64. The molecule has 1 aromatic heterocycles. The molecule has 1 rings (SSSR count). The second kappa shape index (κ2) is 5.92. The Labute approximate surface area is 95.3 Å². The van der Waals surface area contributed by atoms with E-state index in [2.05, 4.69) is 21.8 Å². The Morgan fingerprint density at radius 3 is 2.87 bits per heavy atom. The zero-order chi connectivity index (χ0) is 11.3. The van der Waals surface area contributed by atoms with Gasteiger partial charge in [0.15, 0.2) is 0 Å². The highest BCUT2D eigenvalue weighted by Gasteiger charge is 2.07. The van der Waals surface area contributed by atoms with Crippen molar-refractivity contribution in [3.05, 3.63) is 12.4 Å². The maximum Gasteiger partial charge on any atom is 0.132 e. The molecule has 15 heavy (non-hydrogen) atoms. The molecule has 2 N–H and O–H groups in total. The van der Waals surface area contributed by atoms with Crippen molar-refractivity contribution >= 4 is 17.6 Å². The minimum absolute atomic E-state index is 0.475. The van der Waals surface area contributed by atoms with Gasteiger partial charge in [0.1, 0.15) is 17.2 Å². The highest BCUT2D eigenvalue weighted by molar-refractivity contribution is 7.98. The zero-order valence-electron chi connectivity index (χ0n) is 9.47. The summed E-state index contributed by atoms with van der Waals surface area (Å²) in [4.78, 5) is 10.5. The average Bonchev–Trinajstić information content (AvgIpc) is 2.28. The fourth-order valence-electron chi connectivity index (χ4n) is 1.29. The molecule has 5 heteroatoms. The van der Waals surface area contributed by atoms with E-state index in [1.54, 1.807) is 18.1 Å². The monoisotopic (exact) mass is 226 g/mol. The Morgan fingerprint density at radius 2 is 2.27 bits per heavy atom. The van der Waals surface area contributed by atoms with Gasteiger partial charge < -0.3 is 10.6 Å². The summed E-state index contributed by atoms with van der Waals surface area (Å²) in [6.07, 6.45) is 3.61. The van der Waals surface area contributed by atoms with Gasteiger partial charge in [-0.15, -0.1) is 11.8 Å². The van der Waals surface area contributed by atoms with E-state index in [4.69, 9.17) is 5.73 Å². The molecule has 0 aliphatic carbocycles. The van der Waals surface area contributed by atoms with Crippen molar-refractivity contribution in [1.82, 2.24) is 9.97 Å². The number of hydrogen-bond donors (Lipinski definition) is 1. The number of anilines is 1. The zero-order valence-corrected chi connectivity index (χ0v) is 10.3. The molecular formula is C10H18N4S. The van der Waals surface area contributed by atoms with Gasteiger partial charge in [0.2, 0.25) is 0 Å². The fourth-order valence-corrected chi connectivity index (χ4v) is 1.66. The third-order valence-corrected chi connectivity index (χ3v) is 2.86. The topological polar surface area (TPSA) is 55.0 Å². The number of aromatic nitrogens is 2. The van der Waals surface area contributed by atoms with Crippen LogP contribution in [0.15, 0.2) is 17.4 Å². The van der Waals surface area contributed by atoms with Crippen LogP contribution in [0.3, 0.4) is 0 Å². The summed E-state index contributed by atoms with van der Waals surface area (Å²) < 4.78 is 0. The number of rotatable bonds is 5. The summed E-state index contributed by atoms with van der Waals surface area (Å²) in [6, 6.07) is 1.99. The van der Waals surface area contributed by atoms with E-state index >= 15 is 0 Å². The first kappa shape index (κ1) is 12.3. The van der Waals surface area contributed by atoms with Crippen LogP contribution in [0.5, 0.6) is 0 Å². The first-order valence-electron chi connectivity index (χ1n) is 4.94. The summed E-state index contributed by atoms with van der Waals surface area (Å²) in [7, 11) is 2.03. The Kier molecular flexibility index (Phi) is 4.84. The van der Waals surface area contributed by atoms with Crippen molar-refractivity contribution in [1.29, 1.82) is 0 Å². The molecule has 4 nitrogen and oxygen atoms in total. The fraction of sp³-hybridized carbons (Fsp3) is 0.600. The second-order valence-corrected chi connectivity index (χ2v) is 4.47. The molecule has 0 aliphatic rings. The van der Waals surface area contributed by atoms with Crippen molar-refractivity contribution in [3.63, 3.8) is 0 Å². The van der Waals surface area contributed by atoms with Gasteiger partial charge in [0.25, 0.3) is 0 Å². The first-order valence-corrected chi connectivity index (χ1v) is 6.17. The van der Waals surface area contributed by atoms with Crippen molar-refractivity contribution in [2.45, 2.75) is 11.9 Å². The molecule has 0 amide bonds. The molecule has 0 aliphatic heterocycles. The molecule has 0 spiro atoms. The molecule has 0 fully saturated rings. The van der Waals surface area contributed by atoms with Gasteiger partial charge in [-0.25, -0.2) is 9.97 Å². The molecule has 1 heterocycles. The summed E-state index contributed by atoms with van der Waals surface area (Å²) in [5.74, 6) is 1.43. The lowest BCUT2D eigenvalue weighted by molar-refractivity contribution is 0.587. The lowest BCUT2D eigenvalue weighted by Gasteiger charge is -2.21. The molecular weight excluding hydrogens is 208 g/mol. The predicted molar refractivity (Wildman–Crippen MR) is 65.3 cm³/mol. The smallest absolute Gasteiger partial charge is 0.132 e. The Balaban J connectivity index is 2.68. The van der Waals surface area contributed by atoms with Gasteiger partial charge in [0.05, 0.1) is 0 Å². The molecule has 0 aromatic carbocycles. The lowest BCUT2D eigenvalue weighted by Crippen LogP contribution is -2.28. The van der Waals surface area contributed by atoms with E-state index in [0.717, 1.165) is 17.4 Å². The Morgan fingerprint density at radius 1 is 1.53 bits per heavy atom. The van der Waals surface area contributed by atoms with Gasteiger partial charge >= 0.3 is 0 Å². The number of nitrogens with zero attached hydrogens (tertiary/aromatic N) is 3. The third-order valence-electron chi connectivity index (χ3n) is 2.22. The largest absolute Gasteiger partial charge is 0.359 e. The van der Waals surface area contributed by atoms with Crippen molar-refractivity contribution in [2.75, 3.05) is 31.3 Å². The van der Waals surface area contributed by atoms with E-state index < -0.39 is 0 Å². The summed E-state index contributed by atoms with van der Waals surface area (Å²) in [5, 5.41) is 0.993. The minimum Gasteiger partial charge on any atom is -0.359 e. The maximum atomic E-state index is 5.59. The molecule has 1 atom stereocenters. The van der Waals surface area contributed by atoms with Crippen molar-refractivity contribution < 1.29 is 0 Å². The lowest BCUT2D eigenvalue weighted by atomic mass is 10.2. The van der Waals surface area contributed by atoms with Crippen LogP contribution in [0.2, 0.25) is 0 Å². The van der Waals surface area contributed by atoms with E-state index in [-0.39, 0.29) is 0 Å². The van der Waals surface area contributed by atoms with Crippen LogP contribution in [0, 0.1) is 5.92 Å². The van der Waals surface area contributed by atoms with Gasteiger partial charge in [0, 0.05) is 19.7 Å². The van der Waals surface area contributed by atoms with Crippen LogP contribution in [0.1, 0.15) is 6.92 Å². The van der Waals surface area contributed by atoms with E-state index in [1.165, 1.54) is 0 Å². The van der Waals surface area contributed by atoms with Crippen LogP contribution in [-0.2, 0) is 0 Å². The summed E-state index contributed by atoms with van der Waals surface area (Å²) in [5.41, 5.74) is 5.59. The quantitative estimate of drug-likeness (QED) is 0.604. The standard InChI is InChI=1S/C10H18N4S/c1-8(5-11)6-14(2)9-4-10(15-3)13-7-12-9/h4,7-8H,5-6,11H2,1-3H3. The molecule has 1 unspecified atom stereocenters. The van der Waals surface area contributed by atoms with E-state index in [1.807, 2.05) is 19.4 Å². The SMILES string of the molecule is CSc1cc(N(C)CC(C)CN)ncn1. The molecule has 84 valence electrons. The number of nitrogens with two attached hydrogens (primary N) is 1. The Bertz CT molecular complexity index is 305. The Hall–Kier alpha value is -0.810. The minimum atomic E-state index is 0.475. The van der Waals surface area contributed by atoms with Crippen LogP contribution >= 0.6 is 11.8 Å². The van der Waals surface area contributed by atoms with Gasteiger partial charge in [-0.1, -0.05) is 6.92 Å². The maximum absolute atomic E-state index is 5.59. The van der Waals surface area contributed by atoms with E-state index in [0.29, 0.717) is 12.5 Å². The molecule has 0 radical (unpaired) electrons. The summed E-state index contributed by atoms with van der Waals surface area (Å²) in [6.45, 7) is 3.75. The molecule has 0 saturated heterocycles. The highest BCUT2D eigenvalue weighted by atomic mass is 32.2. The highest BCUT2D eigenvalue weighted by Crippen LogP contribution is 2.16. The average molecular weight is 226 g/mol. The summed E-state index contributed by atoms with van der Waals surface area (Å²) >= 11 is 1.62.